The molecule has 1 aromatic carbocycles. The van der Waals surface area contributed by atoms with Gasteiger partial charge in [-0.05, 0) is 45.4 Å². The summed E-state index contributed by atoms with van der Waals surface area (Å²) in [6.07, 6.45) is 0.896. The molecule has 3 N–H and O–H groups in total. The number of carbonyl (C=O) groups is 1. The zero-order chi connectivity index (χ0) is 24.7. The maximum atomic E-state index is 13.7. The second-order valence-electron chi connectivity index (χ2n) is 8.30. The van der Waals surface area contributed by atoms with Crippen molar-refractivity contribution in [1.29, 1.82) is 0 Å². The van der Waals surface area contributed by atoms with Crippen LogP contribution in [0.2, 0.25) is 0 Å². The topological polar surface area (TPSA) is 144 Å². The molecule has 1 aromatic heterocycles. The van der Waals surface area contributed by atoms with E-state index in [1.807, 2.05) is 0 Å². The van der Waals surface area contributed by atoms with E-state index in [0.29, 0.717) is 18.8 Å². The van der Waals surface area contributed by atoms with Crippen LogP contribution >= 0.6 is 7.52 Å². The number of nitrogens with two attached hydrogens (primary N) is 1. The minimum absolute atomic E-state index is 0.140. The third-order valence-electron chi connectivity index (χ3n) is 4.97. The van der Waals surface area contributed by atoms with Crippen LogP contribution in [0.5, 0.6) is 5.75 Å². The normalized spacial score (nSPS) is 20.9. The Kier molecular flexibility index (Phi) is 8.84. The Labute approximate surface area is 198 Å². The molecule has 0 amide bonds. The van der Waals surface area contributed by atoms with Gasteiger partial charge >= 0.3 is 19.2 Å². The summed E-state index contributed by atoms with van der Waals surface area (Å²) in [6.45, 7) is 5.57. The Balaban J connectivity index is 1.69. The van der Waals surface area contributed by atoms with Crippen LogP contribution in [0.4, 0.5) is 5.82 Å². The summed E-state index contributed by atoms with van der Waals surface area (Å²) in [7, 11) is -3.70. The van der Waals surface area contributed by atoms with E-state index >= 15 is 0 Å². The van der Waals surface area contributed by atoms with E-state index in [-0.39, 0.29) is 30.9 Å². The maximum Gasteiger partial charge on any atom is 0.349 e. The minimum atomic E-state index is -3.70. The van der Waals surface area contributed by atoms with Gasteiger partial charge in [0.1, 0.15) is 24.0 Å². The molecule has 3 rings (SSSR count). The van der Waals surface area contributed by atoms with Crippen LogP contribution in [0.25, 0.3) is 0 Å². The number of benzene rings is 1. The zero-order valence-corrected chi connectivity index (χ0v) is 20.4. The molecule has 2 heterocycles. The number of nitrogen functional groups attached to an aromatic ring is 1. The van der Waals surface area contributed by atoms with Crippen molar-refractivity contribution in [3.63, 3.8) is 0 Å². The summed E-state index contributed by atoms with van der Waals surface area (Å²) < 4.78 is 37.6. The van der Waals surface area contributed by atoms with Gasteiger partial charge in [0.15, 0.2) is 0 Å². The second kappa shape index (κ2) is 11.6. The van der Waals surface area contributed by atoms with E-state index in [2.05, 4.69) is 10.1 Å². The number of ether oxygens (including phenoxy) is 3. The van der Waals surface area contributed by atoms with Gasteiger partial charge in [0.2, 0.25) is 0 Å². The molecule has 4 atom stereocenters. The van der Waals surface area contributed by atoms with E-state index < -0.39 is 31.3 Å². The Bertz CT molecular complexity index is 1060. The highest BCUT2D eigenvalue weighted by Gasteiger charge is 2.34. The summed E-state index contributed by atoms with van der Waals surface area (Å²) in [5, 5.41) is 2.76. The minimum Gasteiger partial charge on any atom is -0.462 e. The Morgan fingerprint density at radius 2 is 2.00 bits per heavy atom. The number of hydrogen-bond acceptors (Lipinski definition) is 9. The van der Waals surface area contributed by atoms with E-state index in [4.69, 9.17) is 24.5 Å². The molecule has 34 heavy (non-hydrogen) atoms. The molecule has 0 radical (unpaired) electrons. The first-order valence-corrected chi connectivity index (χ1v) is 12.8. The molecule has 12 heteroatoms. The molecule has 1 aliphatic rings. The van der Waals surface area contributed by atoms with E-state index in [1.165, 1.54) is 10.6 Å². The van der Waals surface area contributed by atoms with Gasteiger partial charge in [0, 0.05) is 6.20 Å². The molecule has 2 aromatic rings. The fraction of sp³-hybridized carbons (Fsp3) is 0.500. The Hall–Kier alpha value is -2.72. The van der Waals surface area contributed by atoms with Crippen molar-refractivity contribution >= 4 is 19.3 Å². The number of hydrogen-bond donors (Lipinski definition) is 2. The molecular weight excluding hydrogens is 463 g/mol. The molecule has 1 fully saturated rings. The quantitative estimate of drug-likeness (QED) is 0.373. The lowest BCUT2D eigenvalue weighted by molar-refractivity contribution is -0.149. The number of esters is 1. The third-order valence-corrected chi connectivity index (χ3v) is 6.74. The van der Waals surface area contributed by atoms with Crippen LogP contribution in [0, 0.1) is 0 Å². The summed E-state index contributed by atoms with van der Waals surface area (Å²) in [5.74, 6) is -0.0484. The summed E-state index contributed by atoms with van der Waals surface area (Å²) >= 11 is 0. The van der Waals surface area contributed by atoms with Crippen LogP contribution in [-0.2, 0) is 23.6 Å². The lowest BCUT2D eigenvalue weighted by Crippen LogP contribution is -2.39. The Morgan fingerprint density at radius 1 is 1.26 bits per heavy atom. The highest BCUT2D eigenvalue weighted by Crippen LogP contribution is 2.44. The Morgan fingerprint density at radius 3 is 2.68 bits per heavy atom. The molecule has 1 saturated heterocycles. The first kappa shape index (κ1) is 25.9. The molecular formula is C22H31N4O7P. The average Bonchev–Trinajstić information content (AvgIpc) is 2.78. The van der Waals surface area contributed by atoms with Crippen LogP contribution < -0.4 is 21.0 Å². The molecule has 1 aliphatic heterocycles. The number of rotatable bonds is 10. The van der Waals surface area contributed by atoms with Gasteiger partial charge < -0.3 is 24.5 Å². The molecule has 186 valence electrons. The lowest BCUT2D eigenvalue weighted by atomic mass is 10.1. The van der Waals surface area contributed by atoms with Crippen molar-refractivity contribution in [2.75, 3.05) is 25.3 Å². The van der Waals surface area contributed by atoms with E-state index in [0.717, 1.165) is 0 Å². The van der Waals surface area contributed by atoms with Crippen LogP contribution in [0.15, 0.2) is 47.4 Å². The van der Waals surface area contributed by atoms with Crippen LogP contribution in [0.3, 0.4) is 0 Å². The molecule has 2 unspecified atom stereocenters. The number of carbonyl (C=O) groups excluding carboxylic acids is 1. The largest absolute Gasteiger partial charge is 0.462 e. The van der Waals surface area contributed by atoms with Crippen molar-refractivity contribution in [3.05, 3.63) is 53.1 Å². The number of anilines is 1. The summed E-state index contributed by atoms with van der Waals surface area (Å²) in [6, 6.07) is 8.94. The van der Waals surface area contributed by atoms with Crippen molar-refractivity contribution in [1.82, 2.24) is 14.6 Å². The van der Waals surface area contributed by atoms with Crippen molar-refractivity contribution in [2.45, 2.75) is 51.5 Å². The second-order valence-corrected chi connectivity index (χ2v) is 10.3. The smallest absolute Gasteiger partial charge is 0.349 e. The van der Waals surface area contributed by atoms with E-state index in [9.17, 15) is 14.2 Å². The molecule has 0 bridgehead atoms. The van der Waals surface area contributed by atoms with Crippen LogP contribution in [0.1, 0.15) is 33.2 Å². The maximum absolute atomic E-state index is 13.7. The molecule has 11 nitrogen and oxygen atoms in total. The predicted octanol–water partition coefficient (Wildman–Crippen LogP) is 2.33. The highest BCUT2D eigenvalue weighted by atomic mass is 31.2. The first-order valence-electron chi connectivity index (χ1n) is 11.0. The molecule has 0 aliphatic carbocycles. The third kappa shape index (κ3) is 7.39. The lowest BCUT2D eigenvalue weighted by Gasteiger charge is -2.31. The van der Waals surface area contributed by atoms with Gasteiger partial charge in [0.25, 0.3) is 0 Å². The van der Waals surface area contributed by atoms with Gasteiger partial charge in [-0.15, -0.1) is 0 Å². The van der Waals surface area contributed by atoms with E-state index in [1.54, 1.807) is 57.3 Å². The fourth-order valence-electron chi connectivity index (χ4n) is 3.42. The summed E-state index contributed by atoms with van der Waals surface area (Å²) in [5.41, 5.74) is 5.09. The van der Waals surface area contributed by atoms with Gasteiger partial charge in [0.05, 0.1) is 31.5 Å². The molecule has 0 saturated carbocycles. The van der Waals surface area contributed by atoms with Crippen molar-refractivity contribution in [2.24, 2.45) is 0 Å². The van der Waals surface area contributed by atoms with Crippen LogP contribution in [-0.4, -0.2) is 53.3 Å². The van der Waals surface area contributed by atoms with Gasteiger partial charge in [-0.25, -0.2) is 9.88 Å². The average molecular weight is 494 g/mol. The van der Waals surface area contributed by atoms with Crippen molar-refractivity contribution < 1.29 is 28.1 Å². The number of aromatic nitrogens is 2. The summed E-state index contributed by atoms with van der Waals surface area (Å²) in [4.78, 5) is 28.2. The van der Waals surface area contributed by atoms with Crippen molar-refractivity contribution in [3.8, 4) is 5.75 Å². The standard InChI is InChI=1S/C22H31N4O7P/c1-15(2)32-21(27)16(3)25-34(29,33-18-7-5-4-6-8-18)14-31-19-11-17(12-30-13-19)26-10-9-20(23)24-22(26)28/h4-10,15-17,19H,11-14H2,1-3H3,(H,25,29)(H2,23,24,28)/t16-,17?,19+,34?/m0/s1. The highest BCUT2D eigenvalue weighted by molar-refractivity contribution is 7.57. The van der Waals surface area contributed by atoms with Gasteiger partial charge in [-0.2, -0.15) is 4.98 Å². The monoisotopic (exact) mass is 494 g/mol. The number of nitrogens with zero attached hydrogens (tertiary/aromatic N) is 2. The van der Waals surface area contributed by atoms with Gasteiger partial charge in [-0.3, -0.25) is 13.9 Å². The zero-order valence-electron chi connectivity index (χ0n) is 19.5. The number of para-hydroxylation sites is 1. The number of nitrogens with one attached hydrogen (secondary N) is 1. The molecule has 0 spiro atoms. The first-order chi connectivity index (χ1) is 16.1. The van der Waals surface area contributed by atoms with Gasteiger partial charge in [-0.1, -0.05) is 18.2 Å². The fourth-order valence-corrected chi connectivity index (χ4v) is 5.16. The SMILES string of the molecule is CC(C)OC(=O)[C@H](C)NP(=O)(CO[C@H]1COCC(n2ccc(N)nc2=O)C1)Oc1ccccc1. The predicted molar refractivity (Wildman–Crippen MR) is 126 cm³/mol.